The molecule has 0 aliphatic heterocycles. The van der Waals surface area contributed by atoms with Gasteiger partial charge in [-0.3, -0.25) is 8.89 Å². The highest BCUT2D eigenvalue weighted by molar-refractivity contribution is 9.10. The van der Waals surface area contributed by atoms with Crippen molar-refractivity contribution in [3.8, 4) is 0 Å². The monoisotopic (exact) mass is 307 g/mol. The molecule has 0 amide bonds. The molecule has 2 N–H and O–H groups in total. The van der Waals surface area contributed by atoms with E-state index in [2.05, 4.69) is 21.0 Å². The molecule has 2 unspecified atom stereocenters. The minimum atomic E-state index is -0.879. The zero-order valence-electron chi connectivity index (χ0n) is 9.86. The molecule has 0 aliphatic rings. The van der Waals surface area contributed by atoms with Gasteiger partial charge in [-0.25, -0.2) is 0 Å². The van der Waals surface area contributed by atoms with Crippen molar-refractivity contribution < 1.29 is 4.21 Å². The van der Waals surface area contributed by atoms with E-state index >= 15 is 0 Å². The molecule has 1 aromatic heterocycles. The molecule has 0 saturated heterocycles. The first kappa shape index (κ1) is 13.9. The van der Waals surface area contributed by atoms with Crippen molar-refractivity contribution in [1.82, 2.24) is 9.78 Å². The molecule has 0 aliphatic carbocycles. The van der Waals surface area contributed by atoms with Crippen LogP contribution in [0.4, 0.5) is 0 Å². The van der Waals surface area contributed by atoms with Gasteiger partial charge in [0.1, 0.15) is 0 Å². The lowest BCUT2D eigenvalue weighted by Gasteiger charge is -2.08. The van der Waals surface area contributed by atoms with Crippen molar-refractivity contribution >= 4 is 26.7 Å². The fourth-order valence-corrected chi connectivity index (χ4v) is 3.62. The van der Waals surface area contributed by atoms with Crippen LogP contribution in [-0.4, -0.2) is 26.3 Å². The van der Waals surface area contributed by atoms with Crippen LogP contribution in [-0.2, 0) is 23.6 Å². The van der Waals surface area contributed by atoms with E-state index in [1.165, 1.54) is 0 Å². The number of nitrogens with two attached hydrogens (primary N) is 1. The summed E-state index contributed by atoms with van der Waals surface area (Å²) < 4.78 is 14.6. The standard InChI is InChI=1S/C10H18BrN3OS/c1-7(4-12)5-16(15)6-9-10(11)8(2)13-14(9)3/h7H,4-6,12H2,1-3H3. The van der Waals surface area contributed by atoms with Crippen LogP contribution in [0, 0.1) is 12.8 Å². The fourth-order valence-electron chi connectivity index (χ4n) is 1.43. The number of halogens is 1. The van der Waals surface area contributed by atoms with Crippen molar-refractivity contribution in [3.05, 3.63) is 15.9 Å². The van der Waals surface area contributed by atoms with Crippen molar-refractivity contribution in [3.63, 3.8) is 0 Å². The Hall–Kier alpha value is -0.200. The first-order valence-electron chi connectivity index (χ1n) is 5.18. The van der Waals surface area contributed by atoms with Gasteiger partial charge in [0.15, 0.2) is 0 Å². The van der Waals surface area contributed by atoms with Gasteiger partial charge in [-0.2, -0.15) is 5.10 Å². The maximum Gasteiger partial charge on any atom is 0.0738 e. The van der Waals surface area contributed by atoms with Crippen LogP contribution < -0.4 is 5.73 Å². The summed E-state index contributed by atoms with van der Waals surface area (Å²) in [5.74, 6) is 1.48. The molecule has 0 fully saturated rings. The predicted octanol–water partition coefficient (Wildman–Crippen LogP) is 1.33. The molecule has 6 heteroatoms. The van der Waals surface area contributed by atoms with Crippen LogP contribution in [0.5, 0.6) is 0 Å². The average Bonchev–Trinajstić information content (AvgIpc) is 2.45. The molecule has 0 spiro atoms. The number of aromatic nitrogens is 2. The molecule has 0 saturated carbocycles. The van der Waals surface area contributed by atoms with E-state index in [1.54, 1.807) is 4.68 Å². The Morgan fingerprint density at radius 2 is 2.25 bits per heavy atom. The van der Waals surface area contributed by atoms with Gasteiger partial charge in [0.25, 0.3) is 0 Å². The highest BCUT2D eigenvalue weighted by Crippen LogP contribution is 2.21. The van der Waals surface area contributed by atoms with Crippen LogP contribution in [0.1, 0.15) is 18.3 Å². The van der Waals surface area contributed by atoms with Crippen molar-refractivity contribution in [1.29, 1.82) is 0 Å². The summed E-state index contributed by atoms with van der Waals surface area (Å²) in [5.41, 5.74) is 7.43. The maximum atomic E-state index is 11.9. The minimum absolute atomic E-state index is 0.300. The molecular weight excluding hydrogens is 290 g/mol. The van der Waals surface area contributed by atoms with E-state index in [9.17, 15) is 4.21 Å². The lowest BCUT2D eigenvalue weighted by molar-refractivity contribution is 0.637. The summed E-state index contributed by atoms with van der Waals surface area (Å²) in [6, 6.07) is 0. The molecule has 1 heterocycles. The lowest BCUT2D eigenvalue weighted by atomic mass is 10.2. The highest BCUT2D eigenvalue weighted by Gasteiger charge is 2.14. The summed E-state index contributed by atoms with van der Waals surface area (Å²) in [4.78, 5) is 0. The molecule has 0 bridgehead atoms. The van der Waals surface area contributed by atoms with Gasteiger partial charge in [-0.1, -0.05) is 6.92 Å². The number of hydrogen-bond donors (Lipinski definition) is 1. The van der Waals surface area contributed by atoms with Gasteiger partial charge in [0.05, 0.1) is 21.6 Å². The Kier molecular flexibility index (Phi) is 5.14. The summed E-state index contributed by atoms with van der Waals surface area (Å²) >= 11 is 3.47. The Labute approximate surface area is 107 Å². The number of aryl methyl sites for hydroxylation is 2. The second kappa shape index (κ2) is 5.93. The van der Waals surface area contributed by atoms with Crippen LogP contribution in [0.2, 0.25) is 0 Å². The van der Waals surface area contributed by atoms with E-state index in [-0.39, 0.29) is 0 Å². The third-order valence-electron chi connectivity index (χ3n) is 2.43. The fraction of sp³-hybridized carbons (Fsp3) is 0.700. The van der Waals surface area contributed by atoms with Gasteiger partial charge in [-0.05, 0) is 35.3 Å². The second-order valence-corrected chi connectivity index (χ2v) is 6.36. The maximum absolute atomic E-state index is 11.9. The van der Waals surface area contributed by atoms with E-state index in [4.69, 9.17) is 5.73 Å². The minimum Gasteiger partial charge on any atom is -0.330 e. The normalized spacial score (nSPS) is 15.1. The number of rotatable bonds is 5. The van der Waals surface area contributed by atoms with Gasteiger partial charge in [0.2, 0.25) is 0 Å². The largest absolute Gasteiger partial charge is 0.330 e. The molecule has 1 rings (SSSR count). The van der Waals surface area contributed by atoms with E-state index in [0.29, 0.717) is 24.0 Å². The Morgan fingerprint density at radius 1 is 1.62 bits per heavy atom. The topological polar surface area (TPSA) is 60.9 Å². The zero-order valence-corrected chi connectivity index (χ0v) is 12.3. The molecule has 0 aromatic carbocycles. The SMILES string of the molecule is Cc1nn(C)c(CS(=O)CC(C)CN)c1Br. The Balaban J connectivity index is 2.70. The third kappa shape index (κ3) is 3.40. The van der Waals surface area contributed by atoms with E-state index < -0.39 is 10.8 Å². The van der Waals surface area contributed by atoms with E-state index in [1.807, 2.05) is 20.9 Å². The Bertz CT molecular complexity index is 392. The molecule has 0 radical (unpaired) electrons. The average molecular weight is 308 g/mol. The van der Waals surface area contributed by atoms with E-state index in [0.717, 1.165) is 15.9 Å². The van der Waals surface area contributed by atoms with Crippen LogP contribution in [0.3, 0.4) is 0 Å². The molecule has 1 aromatic rings. The smallest absolute Gasteiger partial charge is 0.0738 e. The van der Waals surface area contributed by atoms with Crippen LogP contribution >= 0.6 is 15.9 Å². The van der Waals surface area contributed by atoms with Crippen molar-refractivity contribution in [2.75, 3.05) is 12.3 Å². The van der Waals surface area contributed by atoms with Crippen LogP contribution in [0.25, 0.3) is 0 Å². The number of hydrogen-bond acceptors (Lipinski definition) is 3. The molecular formula is C10H18BrN3OS. The highest BCUT2D eigenvalue weighted by atomic mass is 79.9. The first-order chi connectivity index (χ1) is 7.45. The third-order valence-corrected chi connectivity index (χ3v) is 5.00. The van der Waals surface area contributed by atoms with Gasteiger partial charge < -0.3 is 5.73 Å². The summed E-state index contributed by atoms with van der Waals surface area (Å²) in [6.45, 7) is 4.53. The summed E-state index contributed by atoms with van der Waals surface area (Å²) in [7, 11) is 0.993. The first-order valence-corrected chi connectivity index (χ1v) is 7.46. The summed E-state index contributed by atoms with van der Waals surface area (Å²) in [6.07, 6.45) is 0. The van der Waals surface area contributed by atoms with Gasteiger partial charge >= 0.3 is 0 Å². The van der Waals surface area contributed by atoms with Crippen LogP contribution in [0.15, 0.2) is 4.47 Å². The van der Waals surface area contributed by atoms with Gasteiger partial charge in [-0.15, -0.1) is 0 Å². The van der Waals surface area contributed by atoms with Crippen molar-refractivity contribution in [2.24, 2.45) is 18.7 Å². The quantitative estimate of drug-likeness (QED) is 0.893. The number of nitrogens with zero attached hydrogens (tertiary/aromatic N) is 2. The predicted molar refractivity (Wildman–Crippen MR) is 70.6 cm³/mol. The Morgan fingerprint density at radius 3 is 2.69 bits per heavy atom. The zero-order chi connectivity index (χ0) is 12.3. The molecule has 16 heavy (non-hydrogen) atoms. The molecule has 92 valence electrons. The second-order valence-electron chi connectivity index (χ2n) is 4.06. The lowest BCUT2D eigenvalue weighted by Crippen LogP contribution is -2.19. The molecule has 2 atom stereocenters. The van der Waals surface area contributed by atoms with Gasteiger partial charge in [0, 0.05) is 23.6 Å². The van der Waals surface area contributed by atoms with Crippen molar-refractivity contribution in [2.45, 2.75) is 19.6 Å². The molecule has 4 nitrogen and oxygen atoms in total. The summed E-state index contributed by atoms with van der Waals surface area (Å²) in [5, 5.41) is 4.27.